The summed E-state index contributed by atoms with van der Waals surface area (Å²) in [6.45, 7) is 7.49. The van der Waals surface area contributed by atoms with Crippen molar-refractivity contribution in [3.63, 3.8) is 0 Å². The summed E-state index contributed by atoms with van der Waals surface area (Å²) >= 11 is 7.65. The quantitative estimate of drug-likeness (QED) is 0.148. The molecule has 2 aliphatic heterocycles. The van der Waals surface area contributed by atoms with Gasteiger partial charge in [-0.3, -0.25) is 24.6 Å². The second kappa shape index (κ2) is 16.0. The van der Waals surface area contributed by atoms with E-state index >= 15 is 8.78 Å². The molecule has 4 aromatic rings. The molecule has 2 atom stereocenters. The number of alkyl halides is 1. The minimum Gasteiger partial charge on any atom is -0.461 e. The molecule has 0 aliphatic carbocycles. The van der Waals surface area contributed by atoms with Gasteiger partial charge in [-0.05, 0) is 64.3 Å². The molecule has 2 saturated heterocycles. The Kier molecular flexibility index (Phi) is 11.7. The van der Waals surface area contributed by atoms with Crippen LogP contribution in [0.25, 0.3) is 32.1 Å². The Labute approximate surface area is 330 Å². The van der Waals surface area contributed by atoms with E-state index in [1.807, 2.05) is 6.07 Å². The van der Waals surface area contributed by atoms with Crippen LogP contribution in [0.15, 0.2) is 18.2 Å². The fourth-order valence-electron chi connectivity index (χ4n) is 7.46. The molecular weight excluding hydrogens is 775 g/mol. The van der Waals surface area contributed by atoms with Crippen LogP contribution in [-0.2, 0) is 19.2 Å². The van der Waals surface area contributed by atoms with E-state index in [1.165, 1.54) is 26.2 Å². The number of imide groups is 1. The topological polar surface area (TPSA) is 150 Å². The molecule has 298 valence electrons. The number of hydrogen-bond donors (Lipinski definition) is 1. The summed E-state index contributed by atoms with van der Waals surface area (Å²) in [4.78, 5) is 54.8. The van der Waals surface area contributed by atoms with Gasteiger partial charge in [0, 0.05) is 56.2 Å². The van der Waals surface area contributed by atoms with E-state index in [-0.39, 0.29) is 91.9 Å². The molecule has 1 N–H and O–H groups in total. The maximum atomic E-state index is 17.2. The molecule has 56 heavy (non-hydrogen) atoms. The molecule has 13 nitrogen and oxygen atoms in total. The van der Waals surface area contributed by atoms with Crippen LogP contribution in [-0.4, -0.2) is 95.5 Å². The molecule has 2 fully saturated rings. The smallest absolute Gasteiger partial charge is 0.412 e. The van der Waals surface area contributed by atoms with Crippen molar-refractivity contribution in [3.05, 3.63) is 40.4 Å². The highest BCUT2D eigenvalue weighted by molar-refractivity contribution is 7.23. The highest BCUT2D eigenvalue weighted by Gasteiger charge is 2.49. The van der Waals surface area contributed by atoms with Gasteiger partial charge in [0.05, 0.1) is 27.9 Å². The lowest BCUT2D eigenvalue weighted by Crippen LogP contribution is -2.43. The lowest BCUT2D eigenvalue weighted by Gasteiger charge is -2.31. The molecule has 2 aromatic carbocycles. The molecule has 0 unspecified atom stereocenters. The highest BCUT2D eigenvalue weighted by Crippen LogP contribution is 2.47. The molecule has 0 saturated carbocycles. The number of nitrogens with zero attached hydrogens (tertiary/aromatic N) is 6. The van der Waals surface area contributed by atoms with E-state index in [0.717, 1.165) is 30.4 Å². The first-order valence-electron chi connectivity index (χ1n) is 17.9. The Hall–Kier alpha value is -4.76. The average molecular weight is 816 g/mol. The number of nitrogens with one attached hydrogen (secondary N) is 1. The zero-order valence-corrected chi connectivity index (χ0v) is 33.3. The Morgan fingerprint density at radius 3 is 2.66 bits per heavy atom. The third-order valence-corrected chi connectivity index (χ3v) is 11.2. The van der Waals surface area contributed by atoms with Gasteiger partial charge < -0.3 is 14.4 Å². The lowest BCUT2D eigenvalue weighted by atomic mass is 9.95. The van der Waals surface area contributed by atoms with Gasteiger partial charge in [-0.1, -0.05) is 17.7 Å². The molecule has 6 rings (SSSR count). The van der Waals surface area contributed by atoms with Crippen molar-refractivity contribution in [2.24, 2.45) is 0 Å². The van der Waals surface area contributed by atoms with Gasteiger partial charge in [-0.25, -0.2) is 18.0 Å². The summed E-state index contributed by atoms with van der Waals surface area (Å²) in [5.74, 6) is -2.55. The zero-order valence-electron chi connectivity index (χ0n) is 31.7. The number of anilines is 2. The fourth-order valence-corrected chi connectivity index (χ4v) is 8.82. The molecule has 3 amide bonds. The van der Waals surface area contributed by atoms with E-state index in [0.29, 0.717) is 18.0 Å². The van der Waals surface area contributed by atoms with Crippen LogP contribution >= 0.6 is 22.9 Å². The third-order valence-electron chi connectivity index (χ3n) is 9.80. The minimum absolute atomic E-state index is 0.000471. The van der Waals surface area contributed by atoms with E-state index in [9.17, 15) is 24.0 Å². The molecule has 0 radical (unpaired) electrons. The van der Waals surface area contributed by atoms with Crippen molar-refractivity contribution >= 4 is 72.7 Å². The van der Waals surface area contributed by atoms with Crippen LogP contribution < -0.4 is 15.0 Å². The Bertz CT molecular complexity index is 2260. The van der Waals surface area contributed by atoms with E-state index < -0.39 is 46.9 Å². The maximum Gasteiger partial charge on any atom is 0.412 e. The first kappa shape index (κ1) is 40.9. The predicted octanol–water partition coefficient (Wildman–Crippen LogP) is 7.77. The molecule has 0 spiro atoms. The monoisotopic (exact) mass is 815 g/mol. The van der Waals surface area contributed by atoms with E-state index in [4.69, 9.17) is 25.9 Å². The Morgan fingerprint density at radius 1 is 1.23 bits per heavy atom. The van der Waals surface area contributed by atoms with Gasteiger partial charge in [0.2, 0.25) is 5.91 Å². The standard InChI is InChI=1S/C38H41ClF3N7O6S/c1-20(50)49(53-6)27(51)9-7-13-47(5)33-23-15-25(39)29(30(42)31(23)44-35(45-33)54-19-38-12-8-14-48(38)18-21(40)16-38)22-10-11-26(41)32-28(22)24(17-43)34(56-32)46-36(52)55-37(2,3)4/h10-11,15,21H,7-9,12-14,16,18-19H2,1-6H3,(H,46,52)/t21-,38+/m1/s1. The van der Waals surface area contributed by atoms with Gasteiger partial charge in [0.15, 0.2) is 5.82 Å². The van der Waals surface area contributed by atoms with Crippen LogP contribution in [0.4, 0.5) is 28.8 Å². The number of rotatable bonds is 11. The normalized spacial score (nSPS) is 18.2. The molecular formula is C38H41ClF3N7O6S. The van der Waals surface area contributed by atoms with Gasteiger partial charge in [0.25, 0.3) is 5.91 Å². The summed E-state index contributed by atoms with van der Waals surface area (Å²) in [5, 5.41) is 13.5. The van der Waals surface area contributed by atoms with Crippen molar-refractivity contribution in [1.29, 1.82) is 5.26 Å². The number of thiophene rings is 1. The number of carbonyl (C=O) groups excluding carboxylic acids is 3. The van der Waals surface area contributed by atoms with Crippen LogP contribution in [0.1, 0.15) is 65.4 Å². The number of hydrogen-bond acceptors (Lipinski definition) is 12. The summed E-state index contributed by atoms with van der Waals surface area (Å²) in [7, 11) is 2.89. The van der Waals surface area contributed by atoms with Crippen LogP contribution in [0.2, 0.25) is 5.02 Å². The number of carbonyl (C=O) groups is 3. The first-order chi connectivity index (χ1) is 26.5. The predicted molar refractivity (Wildman–Crippen MR) is 205 cm³/mol. The lowest BCUT2D eigenvalue weighted by molar-refractivity contribution is -0.185. The van der Waals surface area contributed by atoms with Crippen molar-refractivity contribution in [3.8, 4) is 23.2 Å². The van der Waals surface area contributed by atoms with E-state index in [1.54, 1.807) is 32.7 Å². The van der Waals surface area contributed by atoms with Crippen LogP contribution in [0.3, 0.4) is 0 Å². The highest BCUT2D eigenvalue weighted by atomic mass is 35.5. The molecule has 4 heterocycles. The largest absolute Gasteiger partial charge is 0.461 e. The minimum atomic E-state index is -1.01. The second-order valence-electron chi connectivity index (χ2n) is 14.9. The van der Waals surface area contributed by atoms with Crippen LogP contribution in [0.5, 0.6) is 6.01 Å². The van der Waals surface area contributed by atoms with Gasteiger partial charge in [0.1, 0.15) is 46.6 Å². The van der Waals surface area contributed by atoms with Crippen molar-refractivity contribution in [2.75, 3.05) is 50.6 Å². The van der Waals surface area contributed by atoms with Crippen molar-refractivity contribution in [2.45, 2.75) is 77.1 Å². The first-order valence-corrected chi connectivity index (χ1v) is 19.1. The number of nitriles is 1. The molecule has 0 bridgehead atoms. The SMILES string of the molecule is CON(C(C)=O)C(=O)CCCN(C)c1nc(OC[C@@]23CCCN2C[C@H](F)C3)nc2c(F)c(-c3ccc(F)c4sc(NC(=O)OC(C)(C)C)c(C#N)c34)c(Cl)cc12. The number of aromatic nitrogens is 2. The fraction of sp³-hybridized carbons (Fsp3) is 0.474. The Morgan fingerprint density at radius 2 is 1.98 bits per heavy atom. The van der Waals surface area contributed by atoms with Gasteiger partial charge in [-0.2, -0.15) is 20.3 Å². The van der Waals surface area contributed by atoms with Crippen molar-refractivity contribution < 1.29 is 41.9 Å². The number of benzene rings is 2. The van der Waals surface area contributed by atoms with E-state index in [2.05, 4.69) is 20.2 Å². The third kappa shape index (κ3) is 8.06. The van der Waals surface area contributed by atoms with Gasteiger partial charge >= 0.3 is 12.1 Å². The molecule has 18 heteroatoms. The number of fused-ring (bicyclic) bond motifs is 3. The zero-order chi connectivity index (χ0) is 40.7. The number of ether oxygens (including phenoxy) is 2. The van der Waals surface area contributed by atoms with Crippen LogP contribution in [0, 0.1) is 23.0 Å². The summed E-state index contributed by atoms with van der Waals surface area (Å²) in [5.41, 5.74) is -1.87. The molecule has 2 aromatic heterocycles. The molecule has 2 aliphatic rings. The summed E-state index contributed by atoms with van der Waals surface area (Å²) in [6.07, 6.45) is 0.177. The maximum absolute atomic E-state index is 17.2. The average Bonchev–Trinajstić information content (AvgIpc) is 3.77. The number of amides is 3. The summed E-state index contributed by atoms with van der Waals surface area (Å²) in [6, 6.07) is 5.69. The summed E-state index contributed by atoms with van der Waals surface area (Å²) < 4.78 is 58.6. The Balaban J connectivity index is 1.44. The number of hydroxylamine groups is 2. The second-order valence-corrected chi connectivity index (χ2v) is 16.3. The number of halogens is 4. The van der Waals surface area contributed by atoms with Crippen molar-refractivity contribution in [1.82, 2.24) is 19.9 Å². The van der Waals surface area contributed by atoms with Gasteiger partial charge in [-0.15, -0.1) is 11.3 Å².